The number of amides is 1. The van der Waals surface area contributed by atoms with Crippen molar-refractivity contribution in [2.24, 2.45) is 0 Å². The topological polar surface area (TPSA) is 123 Å². The van der Waals surface area contributed by atoms with Crippen LogP contribution in [0.1, 0.15) is 22.1 Å². The Kier molecular flexibility index (Phi) is 7.70. The zero-order valence-electron chi connectivity index (χ0n) is 16.1. The van der Waals surface area contributed by atoms with Crippen molar-refractivity contribution in [3.8, 4) is 5.75 Å². The van der Waals surface area contributed by atoms with E-state index in [1.54, 1.807) is 6.07 Å². The van der Waals surface area contributed by atoms with E-state index in [2.05, 4.69) is 26.2 Å². The third kappa shape index (κ3) is 5.09. The first-order valence-corrected chi connectivity index (χ1v) is 10.1. The second kappa shape index (κ2) is 10.3. The number of nitrogens with one attached hydrogen (secondary N) is 1. The Hall–Kier alpha value is -2.41. The lowest BCUT2D eigenvalue weighted by molar-refractivity contribution is -0.133. The van der Waals surface area contributed by atoms with Gasteiger partial charge >= 0.3 is 5.69 Å². The molecule has 1 aliphatic heterocycles. The minimum Gasteiger partial charge on any atom is -0.492 e. The average Bonchev–Trinajstić information content (AvgIpc) is 3.23. The van der Waals surface area contributed by atoms with Gasteiger partial charge in [-0.15, -0.1) is 0 Å². The summed E-state index contributed by atoms with van der Waals surface area (Å²) in [4.78, 5) is 28.8. The molecule has 31 heavy (non-hydrogen) atoms. The molecule has 168 valence electrons. The Morgan fingerprint density at radius 1 is 1.35 bits per heavy atom. The Morgan fingerprint density at radius 3 is 2.77 bits per heavy atom. The quantitative estimate of drug-likeness (QED) is 0.472. The highest BCUT2D eigenvalue weighted by molar-refractivity contribution is 9.10. The van der Waals surface area contributed by atoms with Crippen LogP contribution in [0.25, 0.3) is 0 Å². The number of benzene rings is 1. The van der Waals surface area contributed by atoms with Crippen LogP contribution in [0.4, 0.5) is 14.6 Å². The third-order valence-electron chi connectivity index (χ3n) is 4.65. The van der Waals surface area contributed by atoms with E-state index in [-0.39, 0.29) is 11.4 Å². The summed E-state index contributed by atoms with van der Waals surface area (Å²) < 4.78 is 38.0. The third-order valence-corrected chi connectivity index (χ3v) is 5.31. The van der Waals surface area contributed by atoms with Crippen LogP contribution in [0, 0.1) is 0 Å². The number of halogens is 3. The van der Waals surface area contributed by atoms with Crippen LogP contribution in [0.15, 0.2) is 33.7 Å². The fraction of sp³-hybridized carbons (Fsp3) is 0.421. The van der Waals surface area contributed by atoms with Gasteiger partial charge in [0.1, 0.15) is 37.1 Å². The molecule has 0 saturated carbocycles. The fourth-order valence-electron chi connectivity index (χ4n) is 3.05. The molecule has 0 aliphatic carbocycles. The summed E-state index contributed by atoms with van der Waals surface area (Å²) in [5.41, 5.74) is 0.186. The number of carbonyl (C=O) groups is 1. The molecule has 0 saturated heterocycles. The van der Waals surface area contributed by atoms with Crippen LogP contribution in [0.2, 0.25) is 0 Å². The number of anilines is 1. The maximum absolute atomic E-state index is 13.4. The zero-order valence-corrected chi connectivity index (χ0v) is 17.7. The van der Waals surface area contributed by atoms with Crippen molar-refractivity contribution >= 4 is 27.7 Å². The van der Waals surface area contributed by atoms with Crippen molar-refractivity contribution < 1.29 is 33.3 Å². The van der Waals surface area contributed by atoms with E-state index in [0.717, 1.165) is 16.3 Å². The monoisotopic (exact) mass is 503 g/mol. The van der Waals surface area contributed by atoms with E-state index in [4.69, 9.17) is 9.47 Å². The molecule has 3 atom stereocenters. The van der Waals surface area contributed by atoms with E-state index in [1.807, 2.05) is 6.07 Å². The SMILES string of the molecule is O=C(Nc1ccn(C(CF)OC(CO)C(O)CF)c(=O)n1)c1c(Br)ccc2c1OCC2. The summed E-state index contributed by atoms with van der Waals surface area (Å²) in [6.45, 7) is -2.75. The van der Waals surface area contributed by atoms with Crippen LogP contribution in [-0.2, 0) is 11.2 Å². The highest BCUT2D eigenvalue weighted by Crippen LogP contribution is 2.35. The summed E-state index contributed by atoms with van der Waals surface area (Å²) in [6.07, 6.45) is -2.87. The van der Waals surface area contributed by atoms with Crippen molar-refractivity contribution in [2.45, 2.75) is 24.9 Å². The van der Waals surface area contributed by atoms with Gasteiger partial charge in [-0.3, -0.25) is 9.36 Å². The molecule has 0 fully saturated rings. The minimum absolute atomic E-state index is 0.0890. The van der Waals surface area contributed by atoms with Gasteiger partial charge in [0, 0.05) is 17.1 Å². The molecule has 0 spiro atoms. The van der Waals surface area contributed by atoms with Crippen molar-refractivity contribution in [3.63, 3.8) is 0 Å². The van der Waals surface area contributed by atoms with Gasteiger partial charge in [0.25, 0.3) is 5.91 Å². The minimum atomic E-state index is -1.69. The number of hydrogen-bond donors (Lipinski definition) is 3. The van der Waals surface area contributed by atoms with Crippen LogP contribution >= 0.6 is 15.9 Å². The second-order valence-electron chi connectivity index (χ2n) is 6.65. The van der Waals surface area contributed by atoms with E-state index in [1.165, 1.54) is 6.07 Å². The maximum atomic E-state index is 13.4. The summed E-state index contributed by atoms with van der Waals surface area (Å²) >= 11 is 3.31. The number of nitrogens with zero attached hydrogens (tertiary/aromatic N) is 2. The number of aliphatic hydroxyl groups excluding tert-OH is 2. The number of aliphatic hydroxyl groups is 2. The largest absolute Gasteiger partial charge is 0.492 e. The van der Waals surface area contributed by atoms with Crippen molar-refractivity contribution in [2.75, 3.05) is 31.9 Å². The average molecular weight is 504 g/mol. The molecule has 2 heterocycles. The molecule has 1 aromatic heterocycles. The Bertz CT molecular complexity index is 1010. The van der Waals surface area contributed by atoms with E-state index in [9.17, 15) is 28.6 Å². The number of carbonyl (C=O) groups excluding carboxylic acids is 1. The Morgan fingerprint density at radius 2 is 2.13 bits per heavy atom. The second-order valence-corrected chi connectivity index (χ2v) is 7.51. The van der Waals surface area contributed by atoms with Crippen molar-refractivity contribution in [1.82, 2.24) is 9.55 Å². The van der Waals surface area contributed by atoms with Crippen molar-refractivity contribution in [1.29, 1.82) is 0 Å². The highest BCUT2D eigenvalue weighted by atomic mass is 79.9. The molecule has 2 aromatic rings. The fourth-order valence-corrected chi connectivity index (χ4v) is 3.54. The lowest BCUT2D eigenvalue weighted by Crippen LogP contribution is -2.39. The van der Waals surface area contributed by atoms with E-state index in [0.29, 0.717) is 23.2 Å². The number of aromatic nitrogens is 2. The summed E-state index contributed by atoms with van der Waals surface area (Å²) in [6, 6.07) is 4.82. The predicted octanol–water partition coefficient (Wildman–Crippen LogP) is 1.37. The van der Waals surface area contributed by atoms with Crippen LogP contribution < -0.4 is 15.7 Å². The first kappa shape index (κ1) is 23.3. The number of ether oxygens (including phenoxy) is 2. The molecule has 3 rings (SSSR count). The lowest BCUT2D eigenvalue weighted by Gasteiger charge is -2.25. The van der Waals surface area contributed by atoms with Gasteiger partial charge in [-0.25, -0.2) is 13.6 Å². The molecule has 1 aliphatic rings. The molecular formula is C19H20BrF2N3O6. The molecule has 3 N–H and O–H groups in total. The maximum Gasteiger partial charge on any atom is 0.351 e. The predicted molar refractivity (Wildman–Crippen MR) is 109 cm³/mol. The van der Waals surface area contributed by atoms with Crippen molar-refractivity contribution in [3.05, 3.63) is 50.5 Å². The number of fused-ring (bicyclic) bond motifs is 1. The van der Waals surface area contributed by atoms with Crippen LogP contribution in [0.5, 0.6) is 5.75 Å². The zero-order chi connectivity index (χ0) is 22.5. The number of rotatable bonds is 9. The van der Waals surface area contributed by atoms with Crippen LogP contribution in [-0.4, -0.2) is 64.4 Å². The summed E-state index contributed by atoms with van der Waals surface area (Å²) in [7, 11) is 0. The molecular weight excluding hydrogens is 484 g/mol. The first-order chi connectivity index (χ1) is 14.9. The summed E-state index contributed by atoms with van der Waals surface area (Å²) in [5.74, 6) is -0.193. The summed E-state index contributed by atoms with van der Waals surface area (Å²) in [5, 5.41) is 21.2. The molecule has 0 bridgehead atoms. The van der Waals surface area contributed by atoms with E-state index >= 15 is 0 Å². The van der Waals surface area contributed by atoms with Gasteiger partial charge in [0.15, 0.2) is 6.23 Å². The molecule has 0 radical (unpaired) electrons. The van der Waals surface area contributed by atoms with Gasteiger partial charge in [-0.1, -0.05) is 6.07 Å². The van der Waals surface area contributed by atoms with Gasteiger partial charge < -0.3 is 25.0 Å². The van der Waals surface area contributed by atoms with Gasteiger partial charge in [-0.05, 0) is 33.6 Å². The molecule has 12 heteroatoms. The highest BCUT2D eigenvalue weighted by Gasteiger charge is 2.26. The smallest absolute Gasteiger partial charge is 0.351 e. The van der Waals surface area contributed by atoms with Gasteiger partial charge in [0.2, 0.25) is 0 Å². The Labute approximate surface area is 183 Å². The Balaban J connectivity index is 1.79. The normalized spacial score (nSPS) is 15.6. The van der Waals surface area contributed by atoms with Crippen LogP contribution in [0.3, 0.4) is 0 Å². The van der Waals surface area contributed by atoms with Gasteiger partial charge in [0.05, 0.1) is 18.8 Å². The molecule has 1 aromatic carbocycles. The number of hydrogen-bond acceptors (Lipinski definition) is 7. The first-order valence-electron chi connectivity index (χ1n) is 9.30. The lowest BCUT2D eigenvalue weighted by atomic mass is 10.1. The van der Waals surface area contributed by atoms with Gasteiger partial charge in [-0.2, -0.15) is 4.98 Å². The van der Waals surface area contributed by atoms with E-state index < -0.39 is 50.0 Å². The standard InChI is InChI=1S/C19H20BrF2N3O6/c20-11-2-1-10-4-6-30-17(10)16(11)18(28)23-14-3-5-25(19(29)24-14)15(8-22)31-13(9-26)12(27)7-21/h1-3,5,12-13,15,26-27H,4,6-9H2,(H,23,24,28,29). The molecule has 3 unspecified atom stereocenters. The number of alkyl halides is 2. The molecule has 9 nitrogen and oxygen atoms in total. The molecule has 1 amide bonds.